The number of amides is 1. The number of aromatic nitrogens is 3. The molecule has 3 rings (SSSR count). The van der Waals surface area contributed by atoms with Crippen molar-refractivity contribution >= 4 is 15.7 Å². The summed E-state index contributed by atoms with van der Waals surface area (Å²) in [5, 5.41) is 9.74. The third-order valence-corrected chi connectivity index (χ3v) is 4.84. The summed E-state index contributed by atoms with van der Waals surface area (Å²) in [5.74, 6) is -3.84. The van der Waals surface area contributed by atoms with E-state index in [2.05, 4.69) is 20.6 Å². The number of rotatable bonds is 6. The number of nitrogens with zero attached hydrogens (tertiary/aromatic N) is 3. The maximum atomic E-state index is 12.8. The molecule has 0 atom stereocenters. The Labute approximate surface area is 151 Å². The van der Waals surface area contributed by atoms with Crippen LogP contribution in [-0.2, 0) is 16.4 Å². The van der Waals surface area contributed by atoms with E-state index in [0.717, 1.165) is 12.1 Å². The first kappa shape index (κ1) is 18.6. The molecule has 1 N–H and O–H groups in total. The van der Waals surface area contributed by atoms with Crippen molar-refractivity contribution < 1.29 is 31.0 Å². The highest BCUT2D eigenvalue weighted by molar-refractivity contribution is 7.91. The Morgan fingerprint density at radius 2 is 1.96 bits per heavy atom. The molecule has 0 fully saturated rings. The second-order valence-corrected chi connectivity index (χ2v) is 7.21. The van der Waals surface area contributed by atoms with Gasteiger partial charge in [-0.05, 0) is 19.1 Å². The monoisotopic (exact) mass is 398 g/mol. The van der Waals surface area contributed by atoms with Crippen LogP contribution in [0.5, 0.6) is 0 Å². The molecule has 0 aliphatic rings. The first-order chi connectivity index (χ1) is 12.8. The fourth-order valence-corrected chi connectivity index (χ4v) is 3.08. The molecule has 1 amide bonds. The number of aryl methyl sites for hydroxylation is 1. The summed E-state index contributed by atoms with van der Waals surface area (Å²) in [4.78, 5) is 15.5. The van der Waals surface area contributed by atoms with Crippen molar-refractivity contribution in [2.75, 3.05) is 0 Å². The number of alkyl halides is 2. The zero-order chi connectivity index (χ0) is 19.6. The number of hydrogen-bond donors (Lipinski definition) is 1. The summed E-state index contributed by atoms with van der Waals surface area (Å²) in [6, 6.07) is 6.25. The Bertz CT molecular complexity index is 1080. The summed E-state index contributed by atoms with van der Waals surface area (Å²) >= 11 is 0. The van der Waals surface area contributed by atoms with Gasteiger partial charge in [-0.15, -0.1) is 0 Å². The van der Waals surface area contributed by atoms with Gasteiger partial charge in [0.1, 0.15) is 5.76 Å². The largest absolute Gasteiger partial charge is 0.361 e. The molecule has 0 radical (unpaired) electrons. The molecule has 0 aliphatic heterocycles. The van der Waals surface area contributed by atoms with Crippen molar-refractivity contribution in [3.63, 3.8) is 0 Å². The highest BCUT2D eigenvalue weighted by atomic mass is 32.2. The molecule has 1 aromatic carbocycles. The van der Waals surface area contributed by atoms with Crippen LogP contribution in [0, 0.1) is 6.92 Å². The molecule has 27 heavy (non-hydrogen) atoms. The Morgan fingerprint density at radius 3 is 2.63 bits per heavy atom. The summed E-state index contributed by atoms with van der Waals surface area (Å²) < 4.78 is 58.8. The highest BCUT2D eigenvalue weighted by Crippen LogP contribution is 2.22. The standard InChI is InChI=1S/C15H12F2N4O5S/c1-8-6-10(20-25-8)13-19-12(26-21-13)7-18-14(22)9-4-2-3-5-11(9)27(23,24)15(16)17/h2-6,15H,7H2,1H3,(H,18,22). The van der Waals surface area contributed by atoms with E-state index in [9.17, 15) is 22.0 Å². The molecule has 0 saturated carbocycles. The van der Waals surface area contributed by atoms with Gasteiger partial charge in [-0.1, -0.05) is 22.4 Å². The van der Waals surface area contributed by atoms with E-state index in [0.29, 0.717) is 11.5 Å². The Kier molecular flexibility index (Phi) is 4.99. The van der Waals surface area contributed by atoms with Gasteiger partial charge >= 0.3 is 5.76 Å². The third kappa shape index (κ3) is 3.84. The van der Waals surface area contributed by atoms with Gasteiger partial charge in [0, 0.05) is 6.07 Å². The first-order valence-electron chi connectivity index (χ1n) is 7.44. The molecule has 0 spiro atoms. The number of hydrogen-bond acceptors (Lipinski definition) is 8. The van der Waals surface area contributed by atoms with Crippen molar-refractivity contribution in [2.45, 2.75) is 24.1 Å². The van der Waals surface area contributed by atoms with Crippen LogP contribution in [0.1, 0.15) is 22.0 Å². The predicted octanol–water partition coefficient (Wildman–Crippen LogP) is 1.96. The van der Waals surface area contributed by atoms with Crippen LogP contribution in [0.15, 0.2) is 44.3 Å². The molecule has 142 valence electrons. The number of sulfone groups is 1. The Balaban J connectivity index is 1.75. The van der Waals surface area contributed by atoms with E-state index in [-0.39, 0.29) is 18.3 Å². The maximum Gasteiger partial charge on any atom is 0.341 e. The third-order valence-electron chi connectivity index (χ3n) is 3.40. The zero-order valence-corrected chi connectivity index (χ0v) is 14.5. The van der Waals surface area contributed by atoms with Crippen molar-refractivity contribution in [3.8, 4) is 11.5 Å². The summed E-state index contributed by atoms with van der Waals surface area (Å²) in [6.45, 7) is 1.44. The fraction of sp³-hybridized carbons (Fsp3) is 0.200. The van der Waals surface area contributed by atoms with Gasteiger partial charge < -0.3 is 14.4 Å². The van der Waals surface area contributed by atoms with Crippen molar-refractivity contribution in [2.24, 2.45) is 0 Å². The maximum absolute atomic E-state index is 12.8. The number of nitrogens with one attached hydrogen (secondary N) is 1. The molecule has 2 heterocycles. The quantitative estimate of drug-likeness (QED) is 0.667. The SMILES string of the molecule is Cc1cc(-c2noc(CNC(=O)c3ccccc3S(=O)(=O)C(F)F)n2)no1. The summed E-state index contributed by atoms with van der Waals surface area (Å²) in [6.07, 6.45) is 0. The summed E-state index contributed by atoms with van der Waals surface area (Å²) in [5.41, 5.74) is -0.0770. The van der Waals surface area contributed by atoms with Crippen LogP contribution in [-0.4, -0.2) is 35.4 Å². The minimum Gasteiger partial charge on any atom is -0.361 e. The molecule has 0 saturated heterocycles. The van der Waals surface area contributed by atoms with Crippen molar-refractivity contribution in [1.29, 1.82) is 0 Å². The molecule has 3 aromatic rings. The van der Waals surface area contributed by atoms with Crippen molar-refractivity contribution in [1.82, 2.24) is 20.6 Å². The highest BCUT2D eigenvalue weighted by Gasteiger charge is 2.30. The van der Waals surface area contributed by atoms with Crippen LogP contribution in [0.2, 0.25) is 0 Å². The average Bonchev–Trinajstić information content (AvgIpc) is 3.28. The average molecular weight is 398 g/mol. The van der Waals surface area contributed by atoms with Gasteiger partial charge in [0.25, 0.3) is 5.91 Å². The van der Waals surface area contributed by atoms with E-state index >= 15 is 0 Å². The van der Waals surface area contributed by atoms with Crippen LogP contribution in [0.4, 0.5) is 8.78 Å². The molecule has 0 unspecified atom stereocenters. The predicted molar refractivity (Wildman–Crippen MR) is 85.3 cm³/mol. The van der Waals surface area contributed by atoms with Crippen LogP contribution < -0.4 is 5.32 Å². The lowest BCUT2D eigenvalue weighted by Crippen LogP contribution is -2.26. The number of carbonyl (C=O) groups is 1. The lowest BCUT2D eigenvalue weighted by molar-refractivity contribution is 0.0943. The van der Waals surface area contributed by atoms with Gasteiger partial charge in [-0.3, -0.25) is 4.79 Å². The number of halogens is 2. The van der Waals surface area contributed by atoms with E-state index < -0.39 is 32.0 Å². The van der Waals surface area contributed by atoms with Crippen LogP contribution in [0.25, 0.3) is 11.5 Å². The minimum atomic E-state index is -4.93. The van der Waals surface area contributed by atoms with Gasteiger partial charge in [0.2, 0.25) is 21.6 Å². The van der Waals surface area contributed by atoms with Crippen LogP contribution >= 0.6 is 0 Å². The second kappa shape index (κ2) is 7.23. The van der Waals surface area contributed by atoms with Gasteiger partial charge in [0.05, 0.1) is 17.0 Å². The van der Waals surface area contributed by atoms with Crippen LogP contribution in [0.3, 0.4) is 0 Å². The molecular formula is C15H12F2N4O5S. The smallest absolute Gasteiger partial charge is 0.341 e. The molecular weight excluding hydrogens is 386 g/mol. The van der Waals surface area contributed by atoms with E-state index in [1.165, 1.54) is 12.1 Å². The number of benzene rings is 1. The summed E-state index contributed by atoms with van der Waals surface area (Å²) in [7, 11) is -4.93. The molecule has 0 aliphatic carbocycles. The molecule has 2 aromatic heterocycles. The first-order valence-corrected chi connectivity index (χ1v) is 8.99. The lowest BCUT2D eigenvalue weighted by atomic mass is 10.2. The lowest BCUT2D eigenvalue weighted by Gasteiger charge is -2.09. The Hall–Kier alpha value is -3.15. The van der Waals surface area contributed by atoms with Gasteiger partial charge in [-0.25, -0.2) is 8.42 Å². The molecule has 0 bridgehead atoms. The topological polar surface area (TPSA) is 128 Å². The number of carbonyl (C=O) groups excluding carboxylic acids is 1. The van der Waals surface area contributed by atoms with E-state index in [4.69, 9.17) is 9.05 Å². The Morgan fingerprint density at radius 1 is 1.22 bits per heavy atom. The minimum absolute atomic E-state index is 0.00759. The molecule has 9 nitrogen and oxygen atoms in total. The van der Waals surface area contributed by atoms with Gasteiger partial charge in [-0.2, -0.15) is 13.8 Å². The van der Waals surface area contributed by atoms with E-state index in [1.807, 2.05) is 0 Å². The normalized spacial score (nSPS) is 11.7. The molecule has 12 heteroatoms. The second-order valence-electron chi connectivity index (χ2n) is 5.32. The van der Waals surface area contributed by atoms with Crippen molar-refractivity contribution in [3.05, 3.63) is 47.5 Å². The zero-order valence-electron chi connectivity index (χ0n) is 13.7. The van der Waals surface area contributed by atoms with Gasteiger partial charge in [0.15, 0.2) is 5.69 Å². The fourth-order valence-electron chi connectivity index (χ4n) is 2.15. The van der Waals surface area contributed by atoms with E-state index in [1.54, 1.807) is 13.0 Å².